The molecule has 2 N–H and O–H groups in total. The monoisotopic (exact) mass is 533 g/mol. The Morgan fingerprint density at radius 2 is 1.68 bits per heavy atom. The average Bonchev–Trinajstić information content (AvgIpc) is 3.38. The quantitative estimate of drug-likeness (QED) is 0.226. The molecule has 3 aromatic carbocycles. The van der Waals surface area contributed by atoms with Crippen molar-refractivity contribution in [3.8, 4) is 0 Å². The summed E-state index contributed by atoms with van der Waals surface area (Å²) in [6, 6.07) is 25.1. The molecule has 1 heterocycles. The third-order valence-corrected chi connectivity index (χ3v) is 7.65. The second-order valence-corrected chi connectivity index (χ2v) is 10.6. The zero-order valence-electron chi connectivity index (χ0n) is 20.9. The summed E-state index contributed by atoms with van der Waals surface area (Å²) >= 11 is 1.55. The van der Waals surface area contributed by atoms with Gasteiger partial charge in [0.15, 0.2) is 0 Å². The van der Waals surface area contributed by atoms with E-state index < -0.39 is 10.9 Å². The minimum atomic E-state index is -2.72. The lowest BCUT2D eigenvalue weighted by atomic mass is 9.90. The van der Waals surface area contributed by atoms with Gasteiger partial charge in [-0.25, -0.2) is 13.4 Å². The highest BCUT2D eigenvalue weighted by Gasteiger charge is 2.26. The lowest BCUT2D eigenvalue weighted by Gasteiger charge is -2.23. The molecule has 2 atom stereocenters. The predicted molar refractivity (Wildman–Crippen MR) is 151 cm³/mol. The molecule has 8 heteroatoms. The van der Waals surface area contributed by atoms with Crippen LogP contribution in [0.5, 0.6) is 0 Å². The molecule has 0 saturated carbocycles. The van der Waals surface area contributed by atoms with E-state index in [1.165, 1.54) is 0 Å². The molecule has 1 amide bonds. The first-order chi connectivity index (χ1) is 17.9. The van der Waals surface area contributed by atoms with E-state index in [4.69, 9.17) is 4.98 Å². The zero-order chi connectivity index (χ0) is 26.2. The number of hydrogen-bond acceptors (Lipinski definition) is 5. The predicted octanol–water partition coefficient (Wildman–Crippen LogP) is 5.38. The Labute approximate surface area is 223 Å². The van der Waals surface area contributed by atoms with Gasteiger partial charge in [0.2, 0.25) is 16.8 Å². The Morgan fingerprint density at radius 3 is 2.32 bits per heavy atom. The van der Waals surface area contributed by atoms with E-state index in [1.54, 1.807) is 23.5 Å². The van der Waals surface area contributed by atoms with Crippen molar-refractivity contribution < 1.29 is 13.2 Å². The van der Waals surface area contributed by atoms with E-state index in [0.717, 1.165) is 39.4 Å². The number of aryl methyl sites for hydroxylation is 2. The molecule has 4 aromatic rings. The molecule has 1 unspecified atom stereocenters. The average molecular weight is 534 g/mol. The third kappa shape index (κ3) is 7.50. The number of thiol groups is 1. The molecule has 6 nitrogen and oxygen atoms in total. The van der Waals surface area contributed by atoms with Crippen molar-refractivity contribution in [1.29, 1.82) is 0 Å². The van der Waals surface area contributed by atoms with Crippen molar-refractivity contribution in [2.45, 2.75) is 45.1 Å². The van der Waals surface area contributed by atoms with Crippen LogP contribution >= 0.6 is 11.3 Å². The highest BCUT2D eigenvalue weighted by atomic mass is 32.2. The van der Waals surface area contributed by atoms with Gasteiger partial charge in [-0.3, -0.25) is 9.52 Å². The van der Waals surface area contributed by atoms with Crippen molar-refractivity contribution in [3.05, 3.63) is 117 Å². The van der Waals surface area contributed by atoms with Crippen LogP contribution in [0.15, 0.2) is 84.2 Å². The van der Waals surface area contributed by atoms with Gasteiger partial charge < -0.3 is 5.32 Å². The molecular weight excluding hydrogens is 502 g/mol. The summed E-state index contributed by atoms with van der Waals surface area (Å²) in [4.78, 5) is 18.7. The highest BCUT2D eigenvalue weighted by Crippen LogP contribution is 2.27. The van der Waals surface area contributed by atoms with Gasteiger partial charge in [0.25, 0.3) is 0 Å². The molecule has 0 saturated heterocycles. The van der Waals surface area contributed by atoms with Crippen molar-refractivity contribution in [2.75, 3.05) is 4.72 Å². The maximum atomic E-state index is 13.9. The van der Waals surface area contributed by atoms with Gasteiger partial charge in [-0.05, 0) is 55.0 Å². The first kappa shape index (κ1) is 26.6. The van der Waals surface area contributed by atoms with E-state index in [1.807, 2.05) is 73.0 Å². The molecule has 0 fully saturated rings. The number of rotatable bonds is 11. The van der Waals surface area contributed by atoms with E-state index >= 15 is 0 Å². The molecule has 1 aromatic heterocycles. The number of hydrogen-bond donors (Lipinski definition) is 3. The molecule has 0 aliphatic carbocycles. The van der Waals surface area contributed by atoms with Gasteiger partial charge in [-0.1, -0.05) is 79.2 Å². The summed E-state index contributed by atoms with van der Waals surface area (Å²) in [5.74, 6) is -0.398. The summed E-state index contributed by atoms with van der Waals surface area (Å²) in [5.41, 5.74) is 5.67. The lowest BCUT2D eigenvalue weighted by Crippen LogP contribution is -2.35. The molecule has 0 aliphatic rings. The smallest absolute Gasteiger partial charge is 0.228 e. The Morgan fingerprint density at radius 1 is 0.946 bits per heavy atom. The van der Waals surface area contributed by atoms with Gasteiger partial charge >= 0.3 is 0 Å². The molecule has 0 spiro atoms. The van der Waals surface area contributed by atoms with Crippen LogP contribution in [0.1, 0.15) is 51.8 Å². The molecule has 37 heavy (non-hydrogen) atoms. The maximum absolute atomic E-state index is 13.9. The van der Waals surface area contributed by atoms with Crippen molar-refractivity contribution in [1.82, 2.24) is 10.3 Å². The molecule has 4 rings (SSSR count). The Bertz CT molecular complexity index is 1390. The number of amides is 1. The van der Waals surface area contributed by atoms with E-state index in [-0.39, 0.29) is 17.9 Å². The van der Waals surface area contributed by atoms with Gasteiger partial charge in [0.1, 0.15) is 5.01 Å². The molecular formula is C29H31N3O3S2. The molecule has 192 valence electrons. The number of nitrogens with zero attached hydrogens (tertiary/aromatic N) is 1. The molecule has 0 bridgehead atoms. The number of aromatic nitrogens is 1. The number of nitrogens with one attached hydrogen (secondary N) is 2. The van der Waals surface area contributed by atoms with Crippen LogP contribution in [0.3, 0.4) is 0 Å². The standard InChI is InChI=1S/C29H31N3O3S2/c1-3-24-19-36-29(30-24)27(18-22-12-14-25(15-13-22)32-37(34)35)31-28(33)26(17-21-9-5-4-6-10-21)23-11-7-8-20(2)16-23/h4-16,19,26-27,37H,3,17-18H2,1-2H3,(H,31,33)(H,32,34,35)/t26?,27-/m0/s1. The largest absolute Gasteiger partial charge is 0.346 e. The summed E-state index contributed by atoms with van der Waals surface area (Å²) in [5, 5.41) is 6.20. The second-order valence-electron chi connectivity index (χ2n) is 9.02. The molecule has 0 radical (unpaired) electrons. The highest BCUT2D eigenvalue weighted by molar-refractivity contribution is 7.73. The zero-order valence-corrected chi connectivity index (χ0v) is 22.6. The second kappa shape index (κ2) is 12.7. The van der Waals surface area contributed by atoms with Crippen LogP contribution in [-0.2, 0) is 34.9 Å². The minimum absolute atomic E-state index is 0.0469. The minimum Gasteiger partial charge on any atom is -0.346 e. The van der Waals surface area contributed by atoms with Crippen LogP contribution in [0.2, 0.25) is 0 Å². The van der Waals surface area contributed by atoms with Gasteiger partial charge in [-0.2, -0.15) is 0 Å². The fourth-order valence-corrected chi connectivity index (χ4v) is 5.59. The van der Waals surface area contributed by atoms with Crippen LogP contribution in [0.25, 0.3) is 0 Å². The van der Waals surface area contributed by atoms with Crippen molar-refractivity contribution in [3.63, 3.8) is 0 Å². The summed E-state index contributed by atoms with van der Waals surface area (Å²) in [6.45, 7) is 4.10. The van der Waals surface area contributed by atoms with Crippen LogP contribution in [-0.4, -0.2) is 19.3 Å². The Hall–Kier alpha value is -3.49. The van der Waals surface area contributed by atoms with Gasteiger partial charge in [-0.15, -0.1) is 11.3 Å². The number of carbonyl (C=O) groups is 1. The maximum Gasteiger partial charge on any atom is 0.228 e. The first-order valence-corrected chi connectivity index (χ1v) is 14.3. The lowest BCUT2D eigenvalue weighted by molar-refractivity contribution is -0.123. The normalized spacial score (nSPS) is 12.7. The first-order valence-electron chi connectivity index (χ1n) is 12.3. The van der Waals surface area contributed by atoms with E-state index in [9.17, 15) is 13.2 Å². The summed E-state index contributed by atoms with van der Waals surface area (Å²) in [6.07, 6.45) is 1.96. The number of carbonyl (C=O) groups excluding carboxylic acids is 1. The fraction of sp³-hybridized carbons (Fsp3) is 0.241. The van der Waals surface area contributed by atoms with E-state index in [2.05, 4.69) is 23.0 Å². The van der Waals surface area contributed by atoms with Crippen LogP contribution in [0, 0.1) is 6.92 Å². The SMILES string of the molecule is CCc1csc([C@H](Cc2ccc(N[SH](=O)=O)cc2)NC(=O)C(Cc2ccccc2)c2cccc(C)c2)n1. The third-order valence-electron chi connectivity index (χ3n) is 6.20. The molecule has 0 aliphatic heterocycles. The summed E-state index contributed by atoms with van der Waals surface area (Å²) in [7, 11) is -2.72. The number of thiazole rings is 1. The van der Waals surface area contributed by atoms with Gasteiger partial charge in [0.05, 0.1) is 17.7 Å². The van der Waals surface area contributed by atoms with Crippen molar-refractivity contribution in [2.24, 2.45) is 0 Å². The Kier molecular flexibility index (Phi) is 9.09. The Balaban J connectivity index is 1.61. The van der Waals surface area contributed by atoms with Crippen molar-refractivity contribution >= 4 is 33.8 Å². The summed E-state index contributed by atoms with van der Waals surface area (Å²) < 4.78 is 24.3. The fourth-order valence-electron chi connectivity index (χ4n) is 4.27. The van der Waals surface area contributed by atoms with E-state index in [0.29, 0.717) is 18.5 Å². The van der Waals surface area contributed by atoms with Crippen LogP contribution < -0.4 is 10.0 Å². The van der Waals surface area contributed by atoms with Gasteiger partial charge in [0, 0.05) is 11.1 Å². The topological polar surface area (TPSA) is 88.2 Å². The van der Waals surface area contributed by atoms with Crippen LogP contribution in [0.4, 0.5) is 5.69 Å². The number of benzene rings is 3. The number of anilines is 1.